The Labute approximate surface area is 95.3 Å². The van der Waals surface area contributed by atoms with Gasteiger partial charge in [-0.2, -0.15) is 0 Å². The van der Waals surface area contributed by atoms with Gasteiger partial charge in [0, 0.05) is 0 Å². The minimum atomic E-state index is -0.742. The van der Waals surface area contributed by atoms with E-state index < -0.39 is 5.97 Å². The molecule has 15 heavy (non-hydrogen) atoms. The van der Waals surface area contributed by atoms with Crippen molar-refractivity contribution < 1.29 is 19.4 Å². The van der Waals surface area contributed by atoms with E-state index in [1.165, 1.54) is 7.11 Å². The molecule has 4 nitrogen and oxygen atoms in total. The molecule has 0 aromatic heterocycles. The Morgan fingerprint density at radius 2 is 2.13 bits per heavy atom. The molecule has 80 valence electrons. The highest BCUT2D eigenvalue weighted by molar-refractivity contribution is 9.10. The Bertz CT molecular complexity index is 387. The van der Waals surface area contributed by atoms with Crippen LogP contribution in [0.3, 0.4) is 0 Å². The van der Waals surface area contributed by atoms with Crippen molar-refractivity contribution in [2.45, 2.75) is 0 Å². The summed E-state index contributed by atoms with van der Waals surface area (Å²) in [6.45, 7) is 0. The number of rotatable bonds is 3. The predicted molar refractivity (Wildman–Crippen MR) is 57.5 cm³/mol. The number of ether oxygens (including phenoxy) is 2. The summed E-state index contributed by atoms with van der Waals surface area (Å²) in [5.74, 6) is -0.596. The van der Waals surface area contributed by atoms with E-state index in [1.54, 1.807) is 24.3 Å². The van der Waals surface area contributed by atoms with Gasteiger partial charge in [-0.15, -0.1) is 0 Å². The maximum Gasteiger partial charge on any atom is 0.377 e. The Hall–Kier alpha value is -1.49. The summed E-state index contributed by atoms with van der Waals surface area (Å²) >= 11 is 3.24. The second kappa shape index (κ2) is 5.41. The monoisotopic (exact) mass is 272 g/mol. The minimum absolute atomic E-state index is 0.274. The smallest absolute Gasteiger partial charge is 0.377 e. The molecule has 1 aromatic rings. The average Bonchev–Trinajstić information content (AvgIpc) is 2.27. The fraction of sp³-hybridized carbons (Fsp3) is 0.100. The van der Waals surface area contributed by atoms with Crippen LogP contribution in [0.25, 0.3) is 0 Å². The number of methoxy groups -OCH3 is 1. The number of benzene rings is 1. The number of aliphatic hydroxyl groups is 1. The molecular formula is C10H9BrO4. The van der Waals surface area contributed by atoms with E-state index >= 15 is 0 Å². The van der Waals surface area contributed by atoms with Crippen LogP contribution in [0.2, 0.25) is 0 Å². The topological polar surface area (TPSA) is 55.8 Å². The Morgan fingerprint density at radius 1 is 1.47 bits per heavy atom. The van der Waals surface area contributed by atoms with Crippen molar-refractivity contribution in [3.05, 3.63) is 40.8 Å². The van der Waals surface area contributed by atoms with Crippen LogP contribution in [0.4, 0.5) is 0 Å². The van der Waals surface area contributed by atoms with Crippen molar-refractivity contribution in [3.8, 4) is 5.75 Å². The number of halogens is 1. The van der Waals surface area contributed by atoms with Gasteiger partial charge in [0.25, 0.3) is 0 Å². The molecule has 0 saturated carbocycles. The molecule has 0 spiro atoms. The zero-order valence-electron chi connectivity index (χ0n) is 7.94. The number of carbonyl (C=O) groups is 1. The molecule has 5 heteroatoms. The SMILES string of the molecule is COC(=O)C(=CO)Oc1ccccc1Br. The third-order valence-electron chi connectivity index (χ3n) is 1.56. The fourth-order valence-corrected chi connectivity index (χ4v) is 1.23. The number of esters is 1. The van der Waals surface area contributed by atoms with Gasteiger partial charge in [-0.05, 0) is 28.1 Å². The van der Waals surface area contributed by atoms with E-state index in [2.05, 4.69) is 20.7 Å². The number of carbonyl (C=O) groups excluding carboxylic acids is 1. The molecule has 1 rings (SSSR count). The summed E-state index contributed by atoms with van der Waals surface area (Å²) in [6.07, 6.45) is 0.561. The van der Waals surface area contributed by atoms with E-state index in [0.29, 0.717) is 16.5 Å². The van der Waals surface area contributed by atoms with Crippen LogP contribution in [0.5, 0.6) is 5.75 Å². The molecule has 0 unspecified atom stereocenters. The van der Waals surface area contributed by atoms with Gasteiger partial charge in [0.2, 0.25) is 5.76 Å². The quantitative estimate of drug-likeness (QED) is 0.522. The highest BCUT2D eigenvalue weighted by atomic mass is 79.9. The van der Waals surface area contributed by atoms with Crippen LogP contribution in [0, 0.1) is 0 Å². The number of hydrogen-bond donors (Lipinski definition) is 1. The van der Waals surface area contributed by atoms with Gasteiger partial charge in [0.1, 0.15) is 12.0 Å². The van der Waals surface area contributed by atoms with Gasteiger partial charge in [-0.3, -0.25) is 0 Å². The Kier molecular flexibility index (Phi) is 4.17. The third-order valence-corrected chi connectivity index (χ3v) is 2.22. The Balaban J connectivity index is 2.86. The lowest BCUT2D eigenvalue weighted by atomic mass is 10.3. The average molecular weight is 273 g/mol. The summed E-state index contributed by atoms with van der Waals surface area (Å²) in [6, 6.07) is 6.95. The summed E-state index contributed by atoms with van der Waals surface area (Å²) in [4.78, 5) is 11.1. The van der Waals surface area contributed by atoms with Crippen LogP contribution in [-0.2, 0) is 9.53 Å². The maximum atomic E-state index is 11.1. The zero-order chi connectivity index (χ0) is 11.3. The summed E-state index contributed by atoms with van der Waals surface area (Å²) in [5.41, 5.74) is 0. The molecule has 0 aliphatic rings. The molecule has 0 amide bonds. The number of aliphatic hydroxyl groups excluding tert-OH is 1. The van der Waals surface area contributed by atoms with Gasteiger partial charge in [-0.25, -0.2) is 4.79 Å². The van der Waals surface area contributed by atoms with Crippen molar-refractivity contribution in [1.29, 1.82) is 0 Å². The first kappa shape index (κ1) is 11.6. The van der Waals surface area contributed by atoms with Crippen molar-refractivity contribution in [3.63, 3.8) is 0 Å². The molecule has 0 aliphatic heterocycles. The first-order valence-electron chi connectivity index (χ1n) is 4.04. The molecule has 0 atom stereocenters. The largest absolute Gasteiger partial charge is 0.511 e. The summed E-state index contributed by atoms with van der Waals surface area (Å²) < 4.78 is 10.2. The standard InChI is InChI=1S/C10H9BrO4/c1-14-10(13)9(6-12)15-8-5-3-2-4-7(8)11/h2-6,12H,1H3. The molecule has 0 heterocycles. The number of para-hydroxylation sites is 1. The summed E-state index contributed by atoms with van der Waals surface area (Å²) in [5, 5.41) is 8.78. The molecule has 0 aliphatic carbocycles. The summed E-state index contributed by atoms with van der Waals surface area (Å²) in [7, 11) is 1.20. The normalized spacial score (nSPS) is 10.9. The lowest BCUT2D eigenvalue weighted by Crippen LogP contribution is -2.10. The maximum absolute atomic E-state index is 11.1. The predicted octanol–water partition coefficient (Wildman–Crippen LogP) is 2.40. The highest BCUT2D eigenvalue weighted by Crippen LogP contribution is 2.25. The molecule has 0 radical (unpaired) electrons. The molecule has 1 aromatic carbocycles. The van der Waals surface area contributed by atoms with Crippen LogP contribution >= 0.6 is 15.9 Å². The fourth-order valence-electron chi connectivity index (χ4n) is 0.867. The van der Waals surface area contributed by atoms with E-state index in [-0.39, 0.29) is 5.76 Å². The van der Waals surface area contributed by atoms with Crippen molar-refractivity contribution in [1.82, 2.24) is 0 Å². The molecular weight excluding hydrogens is 264 g/mol. The van der Waals surface area contributed by atoms with E-state index in [9.17, 15) is 4.79 Å². The van der Waals surface area contributed by atoms with E-state index in [4.69, 9.17) is 9.84 Å². The third kappa shape index (κ3) is 2.99. The van der Waals surface area contributed by atoms with E-state index in [1.807, 2.05) is 0 Å². The van der Waals surface area contributed by atoms with Gasteiger partial charge in [0.05, 0.1) is 11.6 Å². The van der Waals surface area contributed by atoms with Gasteiger partial charge >= 0.3 is 5.97 Å². The van der Waals surface area contributed by atoms with E-state index in [0.717, 1.165) is 0 Å². The van der Waals surface area contributed by atoms with Crippen LogP contribution < -0.4 is 4.74 Å². The van der Waals surface area contributed by atoms with Gasteiger partial charge in [-0.1, -0.05) is 12.1 Å². The molecule has 0 fully saturated rings. The molecule has 0 bridgehead atoms. The van der Waals surface area contributed by atoms with Crippen LogP contribution in [-0.4, -0.2) is 18.2 Å². The second-order valence-corrected chi connectivity index (χ2v) is 3.37. The zero-order valence-corrected chi connectivity index (χ0v) is 9.52. The van der Waals surface area contributed by atoms with Crippen LogP contribution in [0.15, 0.2) is 40.8 Å². The molecule has 0 saturated heterocycles. The minimum Gasteiger partial charge on any atom is -0.511 e. The first-order chi connectivity index (χ1) is 7.19. The molecule has 1 N–H and O–H groups in total. The lowest BCUT2D eigenvalue weighted by molar-refractivity contribution is -0.138. The lowest BCUT2D eigenvalue weighted by Gasteiger charge is -2.07. The van der Waals surface area contributed by atoms with Gasteiger partial charge < -0.3 is 14.6 Å². The number of hydrogen-bond acceptors (Lipinski definition) is 4. The van der Waals surface area contributed by atoms with Crippen molar-refractivity contribution >= 4 is 21.9 Å². The second-order valence-electron chi connectivity index (χ2n) is 2.52. The van der Waals surface area contributed by atoms with Gasteiger partial charge in [0.15, 0.2) is 0 Å². The van der Waals surface area contributed by atoms with Crippen LogP contribution in [0.1, 0.15) is 0 Å². The Morgan fingerprint density at radius 3 is 2.67 bits per heavy atom. The van der Waals surface area contributed by atoms with Crippen molar-refractivity contribution in [2.24, 2.45) is 0 Å². The first-order valence-corrected chi connectivity index (χ1v) is 4.83. The van der Waals surface area contributed by atoms with Crippen molar-refractivity contribution in [2.75, 3.05) is 7.11 Å². The highest BCUT2D eigenvalue weighted by Gasteiger charge is 2.13.